The third kappa shape index (κ3) is 17.8. The van der Waals surface area contributed by atoms with Crippen molar-refractivity contribution in [2.75, 3.05) is 52.9 Å². The smallest absolute Gasteiger partial charge is 0.0482 e. The Bertz CT molecular complexity index is 616. The number of Topliss-reactive ketones (excluding diaryl/α,β-unsaturated/α-hetero) is 4. The molecule has 0 N–H and O–H groups in total. The van der Waals surface area contributed by atoms with Gasteiger partial charge in [-0.15, -0.1) is 26.2 Å². The fraction of sp³-hybridized carbons (Fsp3) is 0.636. The molecule has 2 aliphatic rings. The summed E-state index contributed by atoms with van der Waals surface area (Å²) in [5, 5.41) is 0. The zero-order chi connectivity index (χ0) is 21.9. The van der Waals surface area contributed by atoms with Gasteiger partial charge in [0.2, 0.25) is 0 Å². The van der Waals surface area contributed by atoms with Crippen LogP contribution in [-0.2, 0) is 150 Å². The van der Waals surface area contributed by atoms with Crippen molar-refractivity contribution in [3.8, 4) is 0 Å². The Morgan fingerprint density at radius 1 is 0.588 bits per heavy atom. The minimum Gasteiger partial charge on any atom is -0.335 e. The molecule has 0 aromatic carbocycles. The van der Waals surface area contributed by atoms with Crippen LogP contribution in [-0.4, -0.2) is 95.6 Å². The molecule has 0 aromatic rings. The van der Waals surface area contributed by atoms with Crippen molar-refractivity contribution in [3.63, 3.8) is 0 Å². The summed E-state index contributed by atoms with van der Waals surface area (Å²) in [6.07, 6.45) is 8.66. The van der Waals surface area contributed by atoms with Crippen LogP contribution in [0.1, 0.15) is 39.5 Å². The van der Waals surface area contributed by atoms with Gasteiger partial charge in [-0.3, -0.25) is 0 Å². The fourth-order valence-electron chi connectivity index (χ4n) is 3.25. The second-order valence-electron chi connectivity index (χ2n) is 8.01. The Morgan fingerprint density at radius 2 is 0.912 bits per heavy atom. The van der Waals surface area contributed by atoms with Gasteiger partial charge < -0.3 is 64.5 Å². The van der Waals surface area contributed by atoms with Gasteiger partial charge in [0.25, 0.3) is 0 Å². The zero-order valence-electron chi connectivity index (χ0n) is 20.5. The van der Waals surface area contributed by atoms with Gasteiger partial charge in [0.1, 0.15) is 0 Å². The van der Waals surface area contributed by atoms with Crippen LogP contribution in [0.15, 0.2) is 0 Å². The van der Waals surface area contributed by atoms with E-state index in [1.54, 1.807) is 32.6 Å². The molecule has 182 valence electrons. The Labute approximate surface area is 306 Å². The third-order valence-corrected chi connectivity index (χ3v) is 5.16. The van der Waals surface area contributed by atoms with Gasteiger partial charge in [-0.2, -0.15) is 0 Å². The number of hydrogen-bond acceptors (Lipinski definition) is 8. The van der Waals surface area contributed by atoms with Crippen molar-refractivity contribution in [2.45, 2.75) is 39.5 Å². The largest absolute Gasteiger partial charge is 0.335 e. The summed E-state index contributed by atoms with van der Waals surface area (Å²) in [6.45, 7) is 9.02. The predicted octanol–water partition coefficient (Wildman–Crippen LogP) is 0.735. The van der Waals surface area contributed by atoms with Gasteiger partial charge in [0, 0.05) is 158 Å². The fourth-order valence-corrected chi connectivity index (χ4v) is 3.25. The molecule has 12 heteroatoms. The quantitative estimate of drug-likeness (QED) is 0.201. The van der Waals surface area contributed by atoms with Crippen molar-refractivity contribution < 1.29 is 150 Å². The van der Waals surface area contributed by atoms with Crippen LogP contribution < -0.4 is 0 Å². The third-order valence-electron chi connectivity index (χ3n) is 5.16. The monoisotopic (exact) mass is 774 g/mol. The maximum Gasteiger partial charge on any atom is 0.0482 e. The molecule has 0 spiro atoms. The van der Waals surface area contributed by atoms with E-state index in [2.05, 4.69) is 19.6 Å². The summed E-state index contributed by atoms with van der Waals surface area (Å²) in [5.41, 5.74) is 0. The maximum absolute atomic E-state index is 12.0. The molecule has 2 aliphatic heterocycles. The van der Waals surface area contributed by atoms with Crippen LogP contribution in [0.5, 0.6) is 0 Å². The molecule has 34 heavy (non-hydrogen) atoms. The molecule has 2 rings (SSSR count). The van der Waals surface area contributed by atoms with Crippen LogP contribution in [0.2, 0.25) is 0 Å². The van der Waals surface area contributed by atoms with E-state index in [-0.39, 0.29) is 154 Å². The van der Waals surface area contributed by atoms with E-state index in [0.717, 1.165) is 26.7 Å². The van der Waals surface area contributed by atoms with Crippen LogP contribution >= 0.6 is 0 Å². The van der Waals surface area contributed by atoms with Crippen molar-refractivity contribution >= 4 is 23.1 Å². The van der Waals surface area contributed by atoms with Crippen molar-refractivity contribution in [3.05, 3.63) is 25.7 Å². The molecule has 8 nitrogen and oxygen atoms in total. The molecule has 2 saturated heterocycles. The first-order chi connectivity index (χ1) is 14.4. The Hall–Kier alpha value is 2.42. The van der Waals surface area contributed by atoms with Crippen molar-refractivity contribution in [1.29, 1.82) is 0 Å². The molecule has 0 saturated carbocycles. The first-order valence-electron chi connectivity index (χ1n) is 10.7. The van der Waals surface area contributed by atoms with Gasteiger partial charge in [-0.25, -0.2) is 0 Å². The number of hydrogen-bond donors (Lipinski definition) is 0. The minimum absolute atomic E-state index is 0. The number of carbonyl (C=O) groups is 4. The average molecular weight is 774 g/mol. The zero-order valence-corrected chi connectivity index (χ0v) is 31.9. The van der Waals surface area contributed by atoms with Crippen LogP contribution in [0, 0.1) is 25.7 Å². The molecule has 0 atom stereocenters. The average Bonchev–Trinajstić information content (AvgIpc) is 2.64. The number of carbonyl (C=O) groups excluding carboxylic acids is 4. The van der Waals surface area contributed by atoms with E-state index in [4.69, 9.17) is 0 Å². The second kappa shape index (κ2) is 23.3. The molecule has 0 bridgehead atoms. The van der Waals surface area contributed by atoms with Gasteiger partial charge in [0.15, 0.2) is 0 Å². The number of ketones is 4. The first kappa shape index (κ1) is 40.9. The first-order valence-corrected chi connectivity index (χ1v) is 10.7. The predicted molar refractivity (Wildman–Crippen MR) is 113 cm³/mol. The van der Waals surface area contributed by atoms with Crippen molar-refractivity contribution in [1.82, 2.24) is 19.6 Å². The molecule has 0 amide bonds. The van der Waals surface area contributed by atoms with Crippen LogP contribution in [0.3, 0.4) is 0 Å². The van der Waals surface area contributed by atoms with E-state index in [0.29, 0.717) is 51.9 Å². The summed E-state index contributed by atoms with van der Waals surface area (Å²) in [6, 6.07) is 0. The van der Waals surface area contributed by atoms with Gasteiger partial charge >= 0.3 is 0 Å². The Balaban J connectivity index is -0.00000240. The standard InChI is InChI=1S/C22H34N4O4.4Y/c1-3-20(28)8-12-24-17-26(18-24)14-10-22(30)6-4-5-21(29)9-13-25-15-23(16-25)11-7-19(2)27;;;;/h7-10H,3-6,11-18H2,1-2H3;;;;/q-4;;;;. The topological polar surface area (TPSA) is 81.2 Å². The summed E-state index contributed by atoms with van der Waals surface area (Å²) >= 11 is 0. The molecule has 4 radical (unpaired) electrons. The summed E-state index contributed by atoms with van der Waals surface area (Å²) in [4.78, 5) is 54.6. The van der Waals surface area contributed by atoms with E-state index in [1.165, 1.54) is 0 Å². The second-order valence-corrected chi connectivity index (χ2v) is 8.01. The minimum atomic E-state index is 0. The Morgan fingerprint density at radius 3 is 1.24 bits per heavy atom. The maximum atomic E-state index is 12.0. The number of nitrogens with zero attached hydrogens (tertiary/aromatic N) is 4. The summed E-state index contributed by atoms with van der Waals surface area (Å²) in [7, 11) is 0. The number of rotatable bonds is 17. The van der Waals surface area contributed by atoms with Crippen LogP contribution in [0.4, 0.5) is 0 Å². The molecule has 2 heterocycles. The van der Waals surface area contributed by atoms with E-state index in [1.807, 2.05) is 6.92 Å². The SMILES string of the molecule is CCC(=O)[CH-]CN1CN(C[CH-]C(=O)CCCC(=O)[CH-]CN2CN(C[CH-]C(C)=O)C2)C1.[Y].[Y].[Y].[Y]. The molecule has 2 fully saturated rings. The molecule has 0 aliphatic carbocycles. The molecular formula is C22H34N4O4Y4-4. The summed E-state index contributed by atoms with van der Waals surface area (Å²) < 4.78 is 0. The van der Waals surface area contributed by atoms with Gasteiger partial charge in [-0.1, -0.05) is 6.92 Å². The van der Waals surface area contributed by atoms with E-state index < -0.39 is 0 Å². The molecular weight excluding hydrogens is 740 g/mol. The molecule has 0 unspecified atom stereocenters. The van der Waals surface area contributed by atoms with Gasteiger partial charge in [0.05, 0.1) is 0 Å². The van der Waals surface area contributed by atoms with Crippen molar-refractivity contribution in [2.24, 2.45) is 0 Å². The van der Waals surface area contributed by atoms with E-state index in [9.17, 15) is 19.2 Å². The van der Waals surface area contributed by atoms with Crippen LogP contribution in [0.25, 0.3) is 0 Å². The summed E-state index contributed by atoms with van der Waals surface area (Å²) in [5.74, 6) is 0.395. The normalized spacial score (nSPS) is 15.5. The van der Waals surface area contributed by atoms with E-state index >= 15 is 0 Å². The molecule has 0 aromatic heterocycles. The van der Waals surface area contributed by atoms with Gasteiger partial charge in [-0.05, 0) is 55.7 Å². The Kier molecular flexibility index (Phi) is 28.1.